The SMILES string of the molecule is CCCCCCCCCCCCCCCCCC(=O)OC[C@@H](COC(=O)CCCCCCCCCCCCCCCCCCC(C)C)OC(=O)CCCCCCCCCC(C)C. The van der Waals surface area contributed by atoms with Gasteiger partial charge in [0.05, 0.1) is 0 Å². The fourth-order valence-corrected chi connectivity index (χ4v) is 8.52. The first-order valence-corrected chi connectivity index (χ1v) is 27.7. The van der Waals surface area contributed by atoms with Crippen molar-refractivity contribution in [1.29, 1.82) is 0 Å². The van der Waals surface area contributed by atoms with Crippen molar-refractivity contribution in [2.75, 3.05) is 13.2 Å². The highest BCUT2D eigenvalue weighted by Crippen LogP contribution is 2.18. The van der Waals surface area contributed by atoms with E-state index in [1.807, 2.05) is 0 Å². The van der Waals surface area contributed by atoms with E-state index in [4.69, 9.17) is 14.2 Å². The van der Waals surface area contributed by atoms with Crippen molar-refractivity contribution in [1.82, 2.24) is 0 Å². The first-order valence-electron chi connectivity index (χ1n) is 27.7. The van der Waals surface area contributed by atoms with Crippen LogP contribution in [0.1, 0.15) is 311 Å². The molecule has 0 aromatic rings. The number of rotatable bonds is 50. The molecule has 0 aliphatic carbocycles. The minimum absolute atomic E-state index is 0.0638. The summed E-state index contributed by atoms with van der Waals surface area (Å²) in [7, 11) is 0. The summed E-state index contributed by atoms with van der Waals surface area (Å²) in [6.45, 7) is 11.4. The summed E-state index contributed by atoms with van der Waals surface area (Å²) in [6.07, 6.45) is 51.0. The van der Waals surface area contributed by atoms with Gasteiger partial charge in [0.15, 0.2) is 6.10 Å². The van der Waals surface area contributed by atoms with E-state index in [-0.39, 0.29) is 31.1 Å². The van der Waals surface area contributed by atoms with Crippen LogP contribution < -0.4 is 0 Å². The Hall–Kier alpha value is -1.59. The number of carbonyl (C=O) groups is 3. The Morgan fingerprint density at radius 2 is 0.532 bits per heavy atom. The summed E-state index contributed by atoms with van der Waals surface area (Å²) < 4.78 is 16.8. The average Bonchev–Trinajstić information content (AvgIpc) is 3.24. The van der Waals surface area contributed by atoms with Crippen LogP contribution in [0.4, 0.5) is 0 Å². The Kier molecular flexibility index (Phi) is 47.6. The van der Waals surface area contributed by atoms with E-state index in [1.54, 1.807) is 0 Å². The van der Waals surface area contributed by atoms with Gasteiger partial charge >= 0.3 is 17.9 Å². The van der Waals surface area contributed by atoms with E-state index < -0.39 is 6.10 Å². The lowest BCUT2D eigenvalue weighted by atomic mass is 10.0. The van der Waals surface area contributed by atoms with E-state index in [0.29, 0.717) is 19.3 Å². The van der Waals surface area contributed by atoms with Gasteiger partial charge in [-0.05, 0) is 31.1 Å². The zero-order valence-electron chi connectivity index (χ0n) is 42.5. The summed E-state index contributed by atoms with van der Waals surface area (Å²) in [5, 5.41) is 0. The molecule has 6 nitrogen and oxygen atoms in total. The monoisotopic (exact) mass is 877 g/mol. The number of carbonyl (C=O) groups excluding carboxylic acids is 3. The predicted octanol–water partition coefficient (Wildman–Crippen LogP) is 18.1. The number of unbranched alkanes of at least 4 members (excludes halogenated alkanes) is 35. The van der Waals surface area contributed by atoms with Crippen molar-refractivity contribution < 1.29 is 28.6 Å². The first kappa shape index (κ1) is 60.4. The molecule has 368 valence electrons. The van der Waals surface area contributed by atoms with Crippen molar-refractivity contribution in [3.8, 4) is 0 Å². The van der Waals surface area contributed by atoms with Gasteiger partial charge in [-0.2, -0.15) is 0 Å². The molecule has 0 rings (SSSR count). The summed E-state index contributed by atoms with van der Waals surface area (Å²) in [5.41, 5.74) is 0. The molecular formula is C56H108O6. The summed E-state index contributed by atoms with van der Waals surface area (Å²) in [6, 6.07) is 0. The maximum absolute atomic E-state index is 12.8. The fourth-order valence-electron chi connectivity index (χ4n) is 8.52. The topological polar surface area (TPSA) is 78.9 Å². The van der Waals surface area contributed by atoms with Gasteiger partial charge in [0, 0.05) is 19.3 Å². The number of ether oxygens (including phenoxy) is 3. The van der Waals surface area contributed by atoms with Crippen LogP contribution in [0.3, 0.4) is 0 Å². The number of hydrogen-bond donors (Lipinski definition) is 0. The second-order valence-corrected chi connectivity index (χ2v) is 20.2. The highest BCUT2D eigenvalue weighted by atomic mass is 16.6. The third-order valence-corrected chi connectivity index (χ3v) is 12.7. The quantitative estimate of drug-likeness (QED) is 0.0344. The van der Waals surface area contributed by atoms with Gasteiger partial charge < -0.3 is 14.2 Å². The molecule has 0 amide bonds. The highest BCUT2D eigenvalue weighted by molar-refractivity contribution is 5.71. The summed E-state index contributed by atoms with van der Waals surface area (Å²) >= 11 is 0. The Bertz CT molecular complexity index is 947. The molecule has 0 bridgehead atoms. The molecule has 0 saturated heterocycles. The molecule has 0 N–H and O–H groups in total. The van der Waals surface area contributed by atoms with E-state index in [1.165, 1.54) is 199 Å². The van der Waals surface area contributed by atoms with Crippen molar-refractivity contribution in [3.63, 3.8) is 0 Å². The van der Waals surface area contributed by atoms with Crippen LogP contribution in [0.25, 0.3) is 0 Å². The predicted molar refractivity (Wildman–Crippen MR) is 266 cm³/mol. The van der Waals surface area contributed by atoms with Crippen LogP contribution >= 0.6 is 0 Å². The molecule has 0 spiro atoms. The van der Waals surface area contributed by atoms with Crippen molar-refractivity contribution in [2.24, 2.45) is 11.8 Å². The van der Waals surface area contributed by atoms with Crippen molar-refractivity contribution in [2.45, 2.75) is 317 Å². The maximum atomic E-state index is 12.8. The van der Waals surface area contributed by atoms with Gasteiger partial charge in [0.2, 0.25) is 0 Å². The van der Waals surface area contributed by atoms with E-state index in [2.05, 4.69) is 34.6 Å². The minimum Gasteiger partial charge on any atom is -0.462 e. The Morgan fingerprint density at radius 1 is 0.306 bits per heavy atom. The Labute approximate surface area is 387 Å². The molecule has 0 unspecified atom stereocenters. The molecule has 0 aromatic heterocycles. The minimum atomic E-state index is -0.762. The highest BCUT2D eigenvalue weighted by Gasteiger charge is 2.19. The molecule has 0 saturated carbocycles. The molecule has 0 radical (unpaired) electrons. The average molecular weight is 877 g/mol. The largest absolute Gasteiger partial charge is 0.462 e. The van der Waals surface area contributed by atoms with Crippen LogP contribution in [0, 0.1) is 11.8 Å². The van der Waals surface area contributed by atoms with Crippen LogP contribution in [-0.4, -0.2) is 37.2 Å². The second kappa shape index (κ2) is 48.9. The van der Waals surface area contributed by atoms with Crippen molar-refractivity contribution in [3.05, 3.63) is 0 Å². The van der Waals surface area contributed by atoms with Gasteiger partial charge in [0.1, 0.15) is 13.2 Å². The maximum Gasteiger partial charge on any atom is 0.306 e. The standard InChI is InChI=1S/C56H108O6/c1-6-7-8-9-10-11-12-13-16-20-23-26-31-36-41-46-54(57)60-49-53(62-56(59)48-43-38-33-28-30-35-40-45-52(4)5)50-61-55(58)47-42-37-32-27-24-21-18-15-14-17-19-22-25-29-34-39-44-51(2)3/h51-53H,6-50H2,1-5H3/t53-/m0/s1. The molecule has 6 heteroatoms. The molecular weight excluding hydrogens is 769 g/mol. The summed E-state index contributed by atoms with van der Waals surface area (Å²) in [5.74, 6) is 0.784. The van der Waals surface area contributed by atoms with E-state index in [9.17, 15) is 14.4 Å². The van der Waals surface area contributed by atoms with Gasteiger partial charge in [-0.25, -0.2) is 0 Å². The fraction of sp³-hybridized carbons (Fsp3) is 0.946. The molecule has 0 aliphatic heterocycles. The molecule has 0 aromatic carbocycles. The van der Waals surface area contributed by atoms with Gasteiger partial charge in [0.25, 0.3) is 0 Å². The molecule has 1 atom stereocenters. The summed E-state index contributed by atoms with van der Waals surface area (Å²) in [4.78, 5) is 38.0. The van der Waals surface area contributed by atoms with Gasteiger partial charge in [-0.1, -0.05) is 272 Å². The van der Waals surface area contributed by atoms with E-state index >= 15 is 0 Å². The molecule has 0 aliphatic rings. The number of esters is 3. The van der Waals surface area contributed by atoms with Crippen LogP contribution in [-0.2, 0) is 28.6 Å². The second-order valence-electron chi connectivity index (χ2n) is 20.2. The van der Waals surface area contributed by atoms with Crippen LogP contribution in [0.2, 0.25) is 0 Å². The van der Waals surface area contributed by atoms with Crippen molar-refractivity contribution >= 4 is 17.9 Å². The molecule has 0 heterocycles. The third-order valence-electron chi connectivity index (χ3n) is 12.7. The van der Waals surface area contributed by atoms with Gasteiger partial charge in [-0.15, -0.1) is 0 Å². The zero-order valence-corrected chi connectivity index (χ0v) is 42.5. The Balaban J connectivity index is 4.22. The van der Waals surface area contributed by atoms with Crippen LogP contribution in [0.5, 0.6) is 0 Å². The Morgan fingerprint density at radius 3 is 0.790 bits per heavy atom. The number of hydrogen-bond acceptors (Lipinski definition) is 6. The third kappa shape index (κ3) is 49.4. The van der Waals surface area contributed by atoms with Gasteiger partial charge in [-0.3, -0.25) is 14.4 Å². The lowest BCUT2D eigenvalue weighted by molar-refractivity contribution is -0.167. The lowest BCUT2D eigenvalue weighted by Crippen LogP contribution is -2.30. The van der Waals surface area contributed by atoms with Crippen LogP contribution in [0.15, 0.2) is 0 Å². The normalized spacial score (nSPS) is 12.0. The molecule has 62 heavy (non-hydrogen) atoms. The lowest BCUT2D eigenvalue weighted by Gasteiger charge is -2.18. The first-order chi connectivity index (χ1) is 30.2. The zero-order chi connectivity index (χ0) is 45.4. The van der Waals surface area contributed by atoms with E-state index in [0.717, 1.165) is 69.6 Å². The molecule has 0 fully saturated rings. The smallest absolute Gasteiger partial charge is 0.306 e.